The molecule has 0 unspecified atom stereocenters. The summed E-state index contributed by atoms with van der Waals surface area (Å²) in [6.07, 6.45) is 19.5. The zero-order valence-electron chi connectivity index (χ0n) is 21.3. The zero-order chi connectivity index (χ0) is 25.7. The van der Waals surface area contributed by atoms with Crippen molar-refractivity contribution in [2.24, 2.45) is 0 Å². The van der Waals surface area contributed by atoms with Gasteiger partial charge in [-0.3, -0.25) is 5.92 Å². The van der Waals surface area contributed by atoms with Crippen LogP contribution in [0.3, 0.4) is 0 Å². The molecule has 2 aliphatic rings. The SMILES string of the molecule is C[C]1[CH][CH][C]2C=CC=C[C]12.[C-]#Cc1ccccc1.[Ni+2].c1ccc(P(c2ccccc2)c2ccccc2)cc1. The van der Waals surface area contributed by atoms with Crippen molar-refractivity contribution in [3.05, 3.63) is 188 Å². The van der Waals surface area contributed by atoms with Gasteiger partial charge in [-0.15, -0.1) is 17.7 Å². The maximum atomic E-state index is 6.69. The van der Waals surface area contributed by atoms with Crippen LogP contribution in [-0.4, -0.2) is 0 Å². The molecule has 1 saturated carbocycles. The fourth-order valence-corrected chi connectivity index (χ4v) is 6.31. The van der Waals surface area contributed by atoms with Crippen LogP contribution in [0.1, 0.15) is 12.5 Å². The van der Waals surface area contributed by atoms with Gasteiger partial charge in [0.05, 0.1) is 0 Å². The van der Waals surface area contributed by atoms with Crippen LogP contribution < -0.4 is 15.9 Å². The molecular weight excluding hydrogens is 522 g/mol. The second-order valence-corrected chi connectivity index (χ2v) is 10.7. The van der Waals surface area contributed by atoms with Gasteiger partial charge in [0.1, 0.15) is 0 Å². The molecule has 5 radical (unpaired) electrons. The molecule has 0 heterocycles. The second-order valence-electron chi connectivity index (χ2n) is 8.44. The first-order valence-corrected chi connectivity index (χ1v) is 13.6. The Morgan fingerprint density at radius 2 is 0.974 bits per heavy atom. The summed E-state index contributed by atoms with van der Waals surface area (Å²) in [6.45, 7) is 2.14. The minimum atomic E-state index is -0.446. The Kier molecular flexibility index (Phi) is 12.3. The van der Waals surface area contributed by atoms with Gasteiger partial charge in [0.15, 0.2) is 0 Å². The van der Waals surface area contributed by atoms with Crippen LogP contribution in [0.5, 0.6) is 0 Å². The summed E-state index contributed by atoms with van der Waals surface area (Å²) in [5, 5.41) is 4.19. The Morgan fingerprint density at radius 1 is 0.553 bits per heavy atom. The van der Waals surface area contributed by atoms with Crippen molar-refractivity contribution in [1.29, 1.82) is 0 Å². The van der Waals surface area contributed by atoms with Crippen LogP contribution in [-0.2, 0) is 16.5 Å². The molecule has 2 heteroatoms. The van der Waals surface area contributed by atoms with E-state index in [1.807, 2.05) is 30.3 Å². The third-order valence-electron chi connectivity index (χ3n) is 5.86. The monoisotopic (exact) mass is 550 g/mol. The predicted molar refractivity (Wildman–Crippen MR) is 160 cm³/mol. The van der Waals surface area contributed by atoms with Gasteiger partial charge in [0, 0.05) is 11.8 Å². The molecule has 0 saturated heterocycles. The molecule has 1 fully saturated rings. The van der Waals surface area contributed by atoms with E-state index in [4.69, 9.17) is 6.42 Å². The average molecular weight is 551 g/mol. The number of allylic oxidation sites excluding steroid dienone is 4. The van der Waals surface area contributed by atoms with Crippen molar-refractivity contribution in [2.45, 2.75) is 6.92 Å². The van der Waals surface area contributed by atoms with E-state index < -0.39 is 7.92 Å². The van der Waals surface area contributed by atoms with Gasteiger partial charge in [0.25, 0.3) is 0 Å². The summed E-state index contributed by atoms with van der Waals surface area (Å²) in [5.41, 5.74) is 0.826. The quantitative estimate of drug-likeness (QED) is 0.108. The Morgan fingerprint density at radius 3 is 1.37 bits per heavy atom. The molecule has 4 aromatic rings. The number of fused-ring (bicyclic) bond motifs is 1. The van der Waals surface area contributed by atoms with Crippen molar-refractivity contribution in [1.82, 2.24) is 0 Å². The molecule has 0 spiro atoms. The molecule has 4 aromatic carbocycles. The largest absolute Gasteiger partial charge is 2.00 e. The van der Waals surface area contributed by atoms with Crippen LogP contribution >= 0.6 is 7.92 Å². The van der Waals surface area contributed by atoms with E-state index in [0.29, 0.717) is 0 Å². The maximum absolute atomic E-state index is 6.69. The molecule has 38 heavy (non-hydrogen) atoms. The summed E-state index contributed by atoms with van der Waals surface area (Å²) in [6, 6.07) is 41.7. The maximum Gasteiger partial charge on any atom is 2.00 e. The summed E-state index contributed by atoms with van der Waals surface area (Å²) in [7, 11) is -0.446. The van der Waals surface area contributed by atoms with Crippen molar-refractivity contribution >= 4 is 23.8 Å². The third kappa shape index (κ3) is 8.43. The van der Waals surface area contributed by atoms with E-state index >= 15 is 0 Å². The molecule has 0 nitrogen and oxygen atoms in total. The second kappa shape index (κ2) is 15.9. The van der Waals surface area contributed by atoms with Gasteiger partial charge in [-0.05, 0) is 42.6 Å². The number of benzene rings is 4. The molecule has 2 aliphatic carbocycles. The van der Waals surface area contributed by atoms with Gasteiger partial charge in [-0.25, -0.2) is 0 Å². The zero-order valence-corrected chi connectivity index (χ0v) is 23.2. The predicted octanol–water partition coefficient (Wildman–Crippen LogP) is 7.34. The van der Waals surface area contributed by atoms with E-state index in [1.54, 1.807) is 0 Å². The van der Waals surface area contributed by atoms with Gasteiger partial charge in [-0.1, -0.05) is 140 Å². The topological polar surface area (TPSA) is 0 Å². The van der Waals surface area contributed by atoms with Gasteiger partial charge in [0.2, 0.25) is 0 Å². The van der Waals surface area contributed by atoms with Crippen LogP contribution in [0.15, 0.2) is 146 Å². The standard InChI is InChI=1S/C18H15P.C10H9.C8H5.Ni/c1-4-10-16(11-5-1)19(17-12-6-2-7-13-17)18-14-8-3-9-15-18;1-8-6-7-9-4-2-3-5-10(8)9;1-2-8-6-4-3-5-7-8;/h1-15H;2-7H,1H3;3-7H;/q;;-1;+2. The van der Waals surface area contributed by atoms with E-state index in [0.717, 1.165) is 5.56 Å². The summed E-state index contributed by atoms with van der Waals surface area (Å²) in [4.78, 5) is 0. The van der Waals surface area contributed by atoms with Crippen LogP contribution in [0.2, 0.25) is 0 Å². The van der Waals surface area contributed by atoms with Crippen LogP contribution in [0, 0.1) is 42.9 Å². The Balaban J connectivity index is 0.000000176. The van der Waals surface area contributed by atoms with Crippen molar-refractivity contribution in [3.63, 3.8) is 0 Å². The third-order valence-corrected chi connectivity index (χ3v) is 8.30. The molecular formula is C36H29NiP+. The average Bonchev–Trinajstić information content (AvgIpc) is 3.37. The molecule has 0 bridgehead atoms. The van der Waals surface area contributed by atoms with Crippen molar-refractivity contribution in [3.8, 4) is 5.92 Å². The van der Waals surface area contributed by atoms with Crippen molar-refractivity contribution < 1.29 is 16.5 Å². The molecule has 187 valence electrons. The van der Waals surface area contributed by atoms with Crippen molar-refractivity contribution in [2.75, 3.05) is 0 Å². The first-order valence-electron chi connectivity index (χ1n) is 12.3. The summed E-state index contributed by atoms with van der Waals surface area (Å²) < 4.78 is 0. The normalized spacial score (nSPS) is 14.2. The Bertz CT molecular complexity index is 1200. The van der Waals surface area contributed by atoms with E-state index in [1.165, 1.54) is 33.7 Å². The summed E-state index contributed by atoms with van der Waals surface area (Å²) in [5.74, 6) is 6.37. The first kappa shape index (κ1) is 29.4. The minimum absolute atomic E-state index is 0. The van der Waals surface area contributed by atoms with Crippen LogP contribution in [0.4, 0.5) is 0 Å². The Hall–Kier alpha value is -3.16. The number of rotatable bonds is 3. The fourth-order valence-electron chi connectivity index (χ4n) is 4.01. The molecule has 0 aromatic heterocycles. The van der Waals surface area contributed by atoms with E-state index in [-0.39, 0.29) is 16.5 Å². The first-order chi connectivity index (χ1) is 18.3. The molecule has 0 N–H and O–H groups in total. The Labute approximate surface area is 240 Å². The minimum Gasteiger partial charge on any atom is -0.366 e. The number of hydrogen-bond acceptors (Lipinski definition) is 0. The molecule has 0 aliphatic heterocycles. The van der Waals surface area contributed by atoms with Gasteiger partial charge >= 0.3 is 16.5 Å². The van der Waals surface area contributed by atoms with E-state index in [2.05, 4.69) is 141 Å². The fraction of sp³-hybridized carbons (Fsp3) is 0.0278. The van der Waals surface area contributed by atoms with Gasteiger partial charge < -0.3 is 6.42 Å². The molecule has 6 rings (SSSR count). The van der Waals surface area contributed by atoms with Crippen LogP contribution in [0.25, 0.3) is 0 Å². The summed E-state index contributed by atoms with van der Waals surface area (Å²) >= 11 is 0. The molecule has 0 amide bonds. The number of hydrogen-bond donors (Lipinski definition) is 0. The smallest absolute Gasteiger partial charge is 0.366 e. The van der Waals surface area contributed by atoms with E-state index in [9.17, 15) is 0 Å². The molecule has 0 atom stereocenters. The van der Waals surface area contributed by atoms with Gasteiger partial charge in [-0.2, -0.15) is 0 Å².